The summed E-state index contributed by atoms with van der Waals surface area (Å²) in [5.41, 5.74) is 8.39. The molecule has 3 heterocycles. The van der Waals surface area contributed by atoms with Crippen LogP contribution in [0.5, 0.6) is 0 Å². The Balaban J connectivity index is 0.00000131. The Morgan fingerprint density at radius 3 is 2.52 bits per heavy atom. The van der Waals surface area contributed by atoms with Gasteiger partial charge in [0.15, 0.2) is 0 Å². The zero-order chi connectivity index (χ0) is 17.4. The van der Waals surface area contributed by atoms with Crippen LogP contribution in [0.1, 0.15) is 5.56 Å². The fraction of sp³-hybridized carbons (Fsp3) is 0.333. The standard InChI is InChI=1S/C18H21FN6.2ClH/c1-23-6-8-24(9-7-23)17-12-25-16(4-5-21-25)18(22-17)13-2-3-14(11-20)15(19)10-13;;/h2-5,10,12H,6-9,11,20H2,1H3;2*1H. The highest BCUT2D eigenvalue weighted by Crippen LogP contribution is 2.27. The Morgan fingerprint density at radius 1 is 1.11 bits per heavy atom. The predicted molar refractivity (Wildman–Crippen MR) is 110 cm³/mol. The lowest BCUT2D eigenvalue weighted by atomic mass is 10.1. The van der Waals surface area contributed by atoms with E-state index in [-0.39, 0.29) is 37.2 Å². The van der Waals surface area contributed by atoms with E-state index >= 15 is 0 Å². The molecule has 1 aromatic carbocycles. The molecule has 0 unspecified atom stereocenters. The maximum absolute atomic E-state index is 14.2. The number of hydrogen-bond acceptors (Lipinski definition) is 5. The van der Waals surface area contributed by atoms with Gasteiger partial charge >= 0.3 is 0 Å². The van der Waals surface area contributed by atoms with Crippen LogP contribution in [-0.2, 0) is 6.54 Å². The van der Waals surface area contributed by atoms with Crippen LogP contribution in [0.4, 0.5) is 10.2 Å². The van der Waals surface area contributed by atoms with E-state index in [2.05, 4.69) is 21.9 Å². The van der Waals surface area contributed by atoms with E-state index in [1.165, 1.54) is 6.07 Å². The summed E-state index contributed by atoms with van der Waals surface area (Å²) in [6.07, 6.45) is 3.67. The van der Waals surface area contributed by atoms with E-state index in [1.54, 1.807) is 12.3 Å². The lowest BCUT2D eigenvalue weighted by molar-refractivity contribution is 0.312. The molecule has 9 heteroatoms. The van der Waals surface area contributed by atoms with Crippen molar-refractivity contribution in [2.24, 2.45) is 5.73 Å². The third-order valence-electron chi connectivity index (χ3n) is 4.75. The molecule has 6 nitrogen and oxygen atoms in total. The third kappa shape index (κ3) is 4.16. The van der Waals surface area contributed by atoms with E-state index < -0.39 is 0 Å². The molecule has 0 saturated carbocycles. The Morgan fingerprint density at radius 2 is 1.85 bits per heavy atom. The molecule has 2 N–H and O–H groups in total. The van der Waals surface area contributed by atoms with Crippen LogP contribution in [0.25, 0.3) is 16.8 Å². The molecule has 1 saturated heterocycles. The molecule has 0 aliphatic carbocycles. The van der Waals surface area contributed by atoms with Gasteiger partial charge in [-0.25, -0.2) is 13.9 Å². The number of benzene rings is 1. The average Bonchev–Trinajstić information content (AvgIpc) is 3.10. The van der Waals surface area contributed by atoms with Gasteiger partial charge < -0.3 is 15.5 Å². The van der Waals surface area contributed by atoms with Gasteiger partial charge in [0.05, 0.1) is 23.6 Å². The van der Waals surface area contributed by atoms with E-state index in [4.69, 9.17) is 10.7 Å². The molecule has 1 aliphatic rings. The molecule has 0 spiro atoms. The molecule has 0 bridgehead atoms. The third-order valence-corrected chi connectivity index (χ3v) is 4.75. The van der Waals surface area contributed by atoms with Crippen molar-refractivity contribution in [3.05, 3.63) is 48.0 Å². The normalized spacial score (nSPS) is 14.7. The molecule has 146 valence electrons. The summed E-state index contributed by atoms with van der Waals surface area (Å²) >= 11 is 0. The van der Waals surface area contributed by atoms with Gasteiger partial charge in [0.2, 0.25) is 0 Å². The maximum Gasteiger partial charge on any atom is 0.148 e. The first-order valence-electron chi connectivity index (χ1n) is 8.42. The quantitative estimate of drug-likeness (QED) is 0.715. The lowest BCUT2D eigenvalue weighted by Crippen LogP contribution is -2.44. The monoisotopic (exact) mass is 412 g/mol. The first-order valence-corrected chi connectivity index (χ1v) is 8.42. The van der Waals surface area contributed by atoms with E-state index in [9.17, 15) is 4.39 Å². The van der Waals surface area contributed by atoms with Crippen molar-refractivity contribution in [1.29, 1.82) is 0 Å². The SMILES string of the molecule is CN1CCN(c2cn3nccc3c(-c3ccc(CN)c(F)c3)n2)CC1.Cl.Cl. The fourth-order valence-corrected chi connectivity index (χ4v) is 3.18. The number of likely N-dealkylation sites (N-methyl/N-ethyl adjacent to an activating group) is 1. The largest absolute Gasteiger partial charge is 0.353 e. The number of halogens is 3. The summed E-state index contributed by atoms with van der Waals surface area (Å²) in [6.45, 7) is 4.00. The van der Waals surface area contributed by atoms with Gasteiger partial charge in [-0.1, -0.05) is 12.1 Å². The van der Waals surface area contributed by atoms with Crippen molar-refractivity contribution >= 4 is 36.1 Å². The zero-order valence-electron chi connectivity index (χ0n) is 15.0. The minimum Gasteiger partial charge on any atom is -0.353 e. The van der Waals surface area contributed by atoms with Crippen LogP contribution in [0.2, 0.25) is 0 Å². The molecule has 0 amide bonds. The lowest BCUT2D eigenvalue weighted by Gasteiger charge is -2.33. The smallest absolute Gasteiger partial charge is 0.148 e. The highest BCUT2D eigenvalue weighted by Gasteiger charge is 2.18. The summed E-state index contributed by atoms with van der Waals surface area (Å²) in [5, 5.41) is 4.36. The number of fused-ring (bicyclic) bond motifs is 1. The molecule has 0 atom stereocenters. The van der Waals surface area contributed by atoms with Crippen molar-refractivity contribution in [2.45, 2.75) is 6.54 Å². The minimum absolute atomic E-state index is 0. The van der Waals surface area contributed by atoms with E-state index in [1.807, 2.05) is 22.8 Å². The summed E-state index contributed by atoms with van der Waals surface area (Å²) in [5.74, 6) is 0.562. The Bertz CT molecular complexity index is 908. The average molecular weight is 413 g/mol. The van der Waals surface area contributed by atoms with Crippen molar-refractivity contribution < 1.29 is 4.39 Å². The molecule has 27 heavy (non-hydrogen) atoms. The Labute approximate surface area is 170 Å². The summed E-state index contributed by atoms with van der Waals surface area (Å²) in [6, 6.07) is 6.99. The number of nitrogens with zero attached hydrogens (tertiary/aromatic N) is 5. The number of nitrogens with two attached hydrogens (primary N) is 1. The predicted octanol–water partition coefficient (Wildman–Crippen LogP) is 2.59. The second-order valence-electron chi connectivity index (χ2n) is 6.41. The van der Waals surface area contributed by atoms with Gasteiger partial charge in [0, 0.05) is 43.9 Å². The summed E-state index contributed by atoms with van der Waals surface area (Å²) < 4.78 is 16.0. The van der Waals surface area contributed by atoms with Gasteiger partial charge in [-0.05, 0) is 19.2 Å². The number of hydrogen-bond donors (Lipinski definition) is 1. The number of piperazine rings is 1. The van der Waals surface area contributed by atoms with Crippen LogP contribution in [-0.4, -0.2) is 52.7 Å². The van der Waals surface area contributed by atoms with Gasteiger partial charge in [0.1, 0.15) is 11.6 Å². The molecule has 1 aliphatic heterocycles. The first kappa shape index (κ1) is 21.4. The second kappa shape index (κ2) is 8.84. The highest BCUT2D eigenvalue weighted by atomic mass is 35.5. The number of rotatable bonds is 3. The van der Waals surface area contributed by atoms with Gasteiger partial charge in [-0.15, -0.1) is 24.8 Å². The molecule has 2 aromatic heterocycles. The van der Waals surface area contributed by atoms with Crippen molar-refractivity contribution in [1.82, 2.24) is 19.5 Å². The maximum atomic E-state index is 14.2. The van der Waals surface area contributed by atoms with Crippen molar-refractivity contribution in [3.63, 3.8) is 0 Å². The second-order valence-corrected chi connectivity index (χ2v) is 6.41. The number of aromatic nitrogens is 3. The first-order chi connectivity index (χ1) is 12.2. The molecule has 1 fully saturated rings. The minimum atomic E-state index is -0.301. The number of anilines is 1. The van der Waals surface area contributed by atoms with E-state index in [0.717, 1.165) is 48.8 Å². The van der Waals surface area contributed by atoms with Crippen molar-refractivity contribution in [3.8, 4) is 11.3 Å². The van der Waals surface area contributed by atoms with Crippen LogP contribution < -0.4 is 10.6 Å². The summed E-state index contributed by atoms with van der Waals surface area (Å²) in [7, 11) is 2.12. The molecule has 3 aromatic rings. The zero-order valence-corrected chi connectivity index (χ0v) is 16.6. The molecule has 0 radical (unpaired) electrons. The van der Waals surface area contributed by atoms with Crippen LogP contribution in [0.15, 0.2) is 36.7 Å². The molecular formula is C18H23Cl2FN6. The van der Waals surface area contributed by atoms with Crippen LogP contribution in [0.3, 0.4) is 0 Å². The topological polar surface area (TPSA) is 62.7 Å². The van der Waals surface area contributed by atoms with Crippen LogP contribution >= 0.6 is 24.8 Å². The van der Waals surface area contributed by atoms with Gasteiger partial charge in [-0.2, -0.15) is 5.10 Å². The van der Waals surface area contributed by atoms with Gasteiger partial charge in [-0.3, -0.25) is 0 Å². The Hall–Kier alpha value is -1.93. The molecular weight excluding hydrogens is 390 g/mol. The summed E-state index contributed by atoms with van der Waals surface area (Å²) in [4.78, 5) is 9.38. The Kier molecular flexibility index (Phi) is 7.00. The van der Waals surface area contributed by atoms with Crippen LogP contribution in [0, 0.1) is 5.82 Å². The fourth-order valence-electron chi connectivity index (χ4n) is 3.18. The van der Waals surface area contributed by atoms with Crippen molar-refractivity contribution in [2.75, 3.05) is 38.1 Å². The molecule has 4 rings (SSSR count). The highest BCUT2D eigenvalue weighted by molar-refractivity contribution is 5.85. The van der Waals surface area contributed by atoms with E-state index in [0.29, 0.717) is 5.56 Å². The van der Waals surface area contributed by atoms with Gasteiger partial charge in [0.25, 0.3) is 0 Å².